The lowest BCUT2D eigenvalue weighted by Crippen LogP contribution is -2.46. The molecular weight excluding hydrogens is 422 g/mol. The molecule has 0 radical (unpaired) electrons. The van der Waals surface area contributed by atoms with E-state index in [1.54, 1.807) is 0 Å². The highest BCUT2D eigenvalue weighted by Crippen LogP contribution is 2.31. The largest absolute Gasteiger partial charge is 0.495 e. The van der Waals surface area contributed by atoms with E-state index < -0.39 is 14.9 Å². The monoisotopic (exact) mass is 447 g/mol. The van der Waals surface area contributed by atoms with E-state index in [2.05, 4.69) is 5.32 Å². The fourth-order valence-corrected chi connectivity index (χ4v) is 5.21. The predicted molar refractivity (Wildman–Crippen MR) is 114 cm³/mol. The van der Waals surface area contributed by atoms with Gasteiger partial charge in [-0.3, -0.25) is 14.9 Å². The van der Waals surface area contributed by atoms with Crippen LogP contribution in [-0.2, 0) is 21.2 Å². The lowest BCUT2D eigenvalue weighted by atomic mass is 10.1. The van der Waals surface area contributed by atoms with E-state index in [1.807, 2.05) is 30.3 Å². The van der Waals surface area contributed by atoms with Crippen molar-refractivity contribution in [3.8, 4) is 5.75 Å². The van der Waals surface area contributed by atoms with E-state index in [1.165, 1.54) is 23.5 Å². The average Bonchev–Trinajstić information content (AvgIpc) is 2.78. The number of nitrogens with one attached hydrogen (secondary N) is 1. The summed E-state index contributed by atoms with van der Waals surface area (Å²) in [6.45, 7) is 0.412. The van der Waals surface area contributed by atoms with Crippen molar-refractivity contribution in [3.63, 3.8) is 0 Å². The molecule has 1 saturated heterocycles. The predicted octanol–water partition coefficient (Wildman–Crippen LogP) is 2.51. The maximum Gasteiger partial charge on any atom is 0.271 e. The summed E-state index contributed by atoms with van der Waals surface area (Å²) in [4.78, 5) is 22.4. The molecule has 1 aliphatic rings. The summed E-state index contributed by atoms with van der Waals surface area (Å²) in [5, 5.41) is 14.0. The highest BCUT2D eigenvalue weighted by molar-refractivity contribution is 7.89. The number of hydrogen-bond acceptors (Lipinski definition) is 6. The number of nitrogens with zero attached hydrogens (tertiary/aromatic N) is 2. The number of piperidine rings is 1. The molecule has 2 aromatic carbocycles. The van der Waals surface area contributed by atoms with Crippen LogP contribution < -0.4 is 10.1 Å². The number of hydrogen-bond donors (Lipinski definition) is 1. The zero-order chi connectivity index (χ0) is 22.4. The van der Waals surface area contributed by atoms with E-state index in [0.717, 1.165) is 11.6 Å². The minimum Gasteiger partial charge on any atom is -0.495 e. The lowest BCUT2D eigenvalue weighted by molar-refractivity contribution is -0.385. The SMILES string of the molecule is COc1ccc([N+](=O)[O-])cc1S(=O)(=O)N1CCC(NC(=O)CCc2ccccc2)CC1. The lowest BCUT2D eigenvalue weighted by Gasteiger charge is -2.31. The molecule has 1 N–H and O–H groups in total. The van der Waals surface area contributed by atoms with E-state index >= 15 is 0 Å². The van der Waals surface area contributed by atoms with E-state index in [9.17, 15) is 23.3 Å². The Labute approximate surface area is 181 Å². The maximum absolute atomic E-state index is 13.1. The Morgan fingerprint density at radius 1 is 1.19 bits per heavy atom. The summed E-state index contributed by atoms with van der Waals surface area (Å²) in [6.07, 6.45) is 1.95. The molecule has 0 unspecified atom stereocenters. The van der Waals surface area contributed by atoms with Gasteiger partial charge in [0.25, 0.3) is 5.69 Å². The van der Waals surface area contributed by atoms with Crippen LogP contribution in [0.15, 0.2) is 53.4 Å². The van der Waals surface area contributed by atoms with Crippen LogP contribution in [0.5, 0.6) is 5.75 Å². The number of benzene rings is 2. The summed E-state index contributed by atoms with van der Waals surface area (Å²) >= 11 is 0. The first-order valence-electron chi connectivity index (χ1n) is 9.97. The van der Waals surface area contributed by atoms with Gasteiger partial charge in [-0.05, 0) is 30.9 Å². The number of amides is 1. The van der Waals surface area contributed by atoms with Crippen molar-refractivity contribution < 1.29 is 22.9 Å². The fourth-order valence-electron chi connectivity index (χ4n) is 3.56. The molecule has 0 bridgehead atoms. The molecule has 1 amide bonds. The van der Waals surface area contributed by atoms with Gasteiger partial charge < -0.3 is 10.1 Å². The van der Waals surface area contributed by atoms with Crippen LogP contribution in [0.25, 0.3) is 0 Å². The van der Waals surface area contributed by atoms with Crippen LogP contribution in [0, 0.1) is 10.1 Å². The molecule has 3 rings (SSSR count). The molecule has 0 saturated carbocycles. The minimum atomic E-state index is -3.97. The number of nitro benzene ring substituents is 1. The van der Waals surface area contributed by atoms with Crippen LogP contribution in [0.4, 0.5) is 5.69 Å². The van der Waals surface area contributed by atoms with Gasteiger partial charge in [-0.15, -0.1) is 0 Å². The molecule has 0 atom stereocenters. The van der Waals surface area contributed by atoms with E-state index in [4.69, 9.17) is 4.74 Å². The molecule has 2 aromatic rings. The Bertz CT molecular complexity index is 1030. The van der Waals surface area contributed by atoms with Crippen LogP contribution in [0.1, 0.15) is 24.8 Å². The number of carbonyl (C=O) groups excluding carboxylic acids is 1. The summed E-state index contributed by atoms with van der Waals surface area (Å²) in [5.74, 6) is -0.00699. The van der Waals surface area contributed by atoms with Gasteiger partial charge in [0, 0.05) is 37.7 Å². The molecule has 1 heterocycles. The molecule has 0 aliphatic carbocycles. The van der Waals surface area contributed by atoms with Crippen LogP contribution in [-0.4, -0.2) is 49.8 Å². The smallest absolute Gasteiger partial charge is 0.271 e. The molecule has 166 valence electrons. The molecule has 10 heteroatoms. The Morgan fingerprint density at radius 2 is 1.87 bits per heavy atom. The zero-order valence-electron chi connectivity index (χ0n) is 17.2. The number of sulfonamides is 1. The number of methoxy groups -OCH3 is 1. The highest BCUT2D eigenvalue weighted by Gasteiger charge is 2.33. The van der Waals surface area contributed by atoms with Crippen molar-refractivity contribution in [2.24, 2.45) is 0 Å². The summed E-state index contributed by atoms with van der Waals surface area (Å²) < 4.78 is 32.5. The van der Waals surface area contributed by atoms with Gasteiger partial charge in [-0.1, -0.05) is 30.3 Å². The number of non-ortho nitro benzene ring substituents is 1. The molecule has 0 spiro atoms. The molecule has 9 nitrogen and oxygen atoms in total. The quantitative estimate of drug-likeness (QED) is 0.491. The Balaban J connectivity index is 1.59. The first-order valence-corrected chi connectivity index (χ1v) is 11.4. The second-order valence-electron chi connectivity index (χ2n) is 7.32. The number of nitro groups is 1. The van der Waals surface area contributed by atoms with Gasteiger partial charge in [0.05, 0.1) is 12.0 Å². The van der Waals surface area contributed by atoms with Crippen molar-refractivity contribution in [2.45, 2.75) is 36.6 Å². The average molecular weight is 448 g/mol. The van der Waals surface area contributed by atoms with Crippen LogP contribution in [0.2, 0.25) is 0 Å². The van der Waals surface area contributed by atoms with Gasteiger partial charge in [0.2, 0.25) is 15.9 Å². The van der Waals surface area contributed by atoms with Gasteiger partial charge in [0.15, 0.2) is 0 Å². The number of aryl methyl sites for hydroxylation is 1. The molecule has 31 heavy (non-hydrogen) atoms. The molecule has 1 fully saturated rings. The van der Waals surface area contributed by atoms with Crippen LogP contribution >= 0.6 is 0 Å². The van der Waals surface area contributed by atoms with Gasteiger partial charge in [-0.25, -0.2) is 8.42 Å². The number of rotatable bonds is 8. The van der Waals surface area contributed by atoms with Crippen molar-refractivity contribution in [3.05, 3.63) is 64.2 Å². The highest BCUT2D eigenvalue weighted by atomic mass is 32.2. The summed E-state index contributed by atoms with van der Waals surface area (Å²) in [6, 6.07) is 13.1. The normalized spacial score (nSPS) is 15.4. The zero-order valence-corrected chi connectivity index (χ0v) is 18.0. The second kappa shape index (κ2) is 9.88. The van der Waals surface area contributed by atoms with Crippen molar-refractivity contribution in [1.82, 2.24) is 9.62 Å². The minimum absolute atomic E-state index is 0.0574. The summed E-state index contributed by atoms with van der Waals surface area (Å²) in [5.41, 5.74) is 0.768. The first-order chi connectivity index (χ1) is 14.8. The first kappa shape index (κ1) is 22.7. The van der Waals surface area contributed by atoms with Gasteiger partial charge >= 0.3 is 0 Å². The second-order valence-corrected chi connectivity index (χ2v) is 9.23. The maximum atomic E-state index is 13.1. The van der Waals surface area contributed by atoms with Crippen molar-refractivity contribution >= 4 is 21.6 Å². The van der Waals surface area contributed by atoms with Crippen molar-refractivity contribution in [2.75, 3.05) is 20.2 Å². The Morgan fingerprint density at radius 3 is 2.48 bits per heavy atom. The van der Waals surface area contributed by atoms with Crippen molar-refractivity contribution in [1.29, 1.82) is 0 Å². The molecule has 1 aliphatic heterocycles. The Hall–Kier alpha value is -2.98. The number of carbonyl (C=O) groups is 1. The van der Waals surface area contributed by atoms with Gasteiger partial charge in [0.1, 0.15) is 10.6 Å². The third kappa shape index (κ3) is 5.59. The third-order valence-corrected chi connectivity index (χ3v) is 7.20. The fraction of sp³-hybridized carbons (Fsp3) is 0.381. The van der Waals surface area contributed by atoms with Crippen LogP contribution in [0.3, 0.4) is 0 Å². The molecule has 0 aromatic heterocycles. The van der Waals surface area contributed by atoms with E-state index in [-0.39, 0.29) is 41.4 Å². The topological polar surface area (TPSA) is 119 Å². The summed E-state index contributed by atoms with van der Waals surface area (Å²) in [7, 11) is -2.65. The Kier molecular flexibility index (Phi) is 7.24. The number of ether oxygens (including phenoxy) is 1. The van der Waals surface area contributed by atoms with E-state index in [0.29, 0.717) is 25.7 Å². The molecular formula is C21H25N3O6S. The van der Waals surface area contributed by atoms with Gasteiger partial charge in [-0.2, -0.15) is 4.31 Å². The third-order valence-electron chi connectivity index (χ3n) is 5.28. The standard InChI is InChI=1S/C21H25N3O6S/c1-30-19-9-8-18(24(26)27)15-20(19)31(28,29)23-13-11-17(12-14-23)22-21(25)10-7-16-5-3-2-4-6-16/h2-6,8-9,15,17H,7,10-14H2,1H3,(H,22,25).